The molecule has 2 aromatic rings. The molecule has 0 aromatic heterocycles. The lowest BCUT2D eigenvalue weighted by atomic mass is 10.1. The first-order chi connectivity index (χ1) is 12.4. The van der Waals surface area contributed by atoms with E-state index in [-0.39, 0.29) is 11.4 Å². The molecule has 0 fully saturated rings. The zero-order valence-corrected chi connectivity index (χ0v) is 15.1. The molecule has 2 aromatic carbocycles. The van der Waals surface area contributed by atoms with Crippen molar-refractivity contribution in [3.05, 3.63) is 84.0 Å². The van der Waals surface area contributed by atoms with Crippen LogP contribution in [0.25, 0.3) is 6.08 Å². The molecule has 2 N–H and O–H groups in total. The SMILES string of the molecule is CN(Cc1ccccc1/C=C\C=C\C(=O)NO)S(=O)(=O)c1ccccc1. The third-order valence-electron chi connectivity index (χ3n) is 3.64. The molecule has 0 unspecified atom stereocenters. The van der Waals surface area contributed by atoms with Gasteiger partial charge in [0.05, 0.1) is 4.90 Å². The average molecular weight is 372 g/mol. The molecular weight excluding hydrogens is 352 g/mol. The number of amides is 1. The lowest BCUT2D eigenvalue weighted by molar-refractivity contribution is -0.124. The molecule has 26 heavy (non-hydrogen) atoms. The van der Waals surface area contributed by atoms with Crippen molar-refractivity contribution < 1.29 is 18.4 Å². The van der Waals surface area contributed by atoms with Crippen molar-refractivity contribution >= 4 is 22.0 Å². The maximum absolute atomic E-state index is 12.6. The number of rotatable bonds is 7. The maximum atomic E-state index is 12.6. The monoisotopic (exact) mass is 372 g/mol. The second-order valence-corrected chi connectivity index (χ2v) is 7.51. The van der Waals surface area contributed by atoms with Gasteiger partial charge in [-0.15, -0.1) is 0 Å². The van der Waals surface area contributed by atoms with Crippen LogP contribution < -0.4 is 5.48 Å². The van der Waals surface area contributed by atoms with E-state index in [9.17, 15) is 13.2 Å². The summed E-state index contributed by atoms with van der Waals surface area (Å²) in [6.45, 7) is 0.207. The Bertz CT molecular complexity index is 906. The molecule has 6 nitrogen and oxygen atoms in total. The second-order valence-electron chi connectivity index (χ2n) is 5.47. The predicted molar refractivity (Wildman–Crippen MR) is 99.6 cm³/mol. The topological polar surface area (TPSA) is 86.7 Å². The van der Waals surface area contributed by atoms with Gasteiger partial charge < -0.3 is 0 Å². The summed E-state index contributed by atoms with van der Waals surface area (Å²) in [5.74, 6) is -0.628. The van der Waals surface area contributed by atoms with Gasteiger partial charge >= 0.3 is 0 Å². The predicted octanol–water partition coefficient (Wildman–Crippen LogP) is 2.58. The highest BCUT2D eigenvalue weighted by Gasteiger charge is 2.20. The Kier molecular flexibility index (Phi) is 6.85. The molecule has 0 spiro atoms. The van der Waals surface area contributed by atoms with E-state index in [4.69, 9.17) is 5.21 Å². The lowest BCUT2D eigenvalue weighted by Crippen LogP contribution is -2.26. The number of hydrogen-bond acceptors (Lipinski definition) is 4. The summed E-state index contributed by atoms with van der Waals surface area (Å²) in [5, 5.41) is 8.43. The number of carbonyl (C=O) groups is 1. The number of nitrogens with one attached hydrogen (secondary N) is 1. The fraction of sp³-hybridized carbons (Fsp3) is 0.105. The molecule has 0 heterocycles. The van der Waals surface area contributed by atoms with Crippen LogP contribution in [-0.2, 0) is 21.4 Å². The van der Waals surface area contributed by atoms with Crippen molar-refractivity contribution in [2.24, 2.45) is 0 Å². The highest BCUT2D eigenvalue weighted by Crippen LogP contribution is 2.19. The van der Waals surface area contributed by atoms with Crippen LogP contribution in [0.2, 0.25) is 0 Å². The average Bonchev–Trinajstić information content (AvgIpc) is 2.66. The van der Waals surface area contributed by atoms with E-state index >= 15 is 0 Å². The van der Waals surface area contributed by atoms with Gasteiger partial charge in [-0.1, -0.05) is 60.7 Å². The summed E-state index contributed by atoms with van der Waals surface area (Å²) in [6.07, 6.45) is 6.05. The molecule has 0 aliphatic carbocycles. The van der Waals surface area contributed by atoms with Crippen LogP contribution in [0.15, 0.2) is 77.7 Å². The standard InChI is InChI=1S/C19H20N2O4S/c1-21(26(24,25)18-12-3-2-4-13-18)15-17-11-6-5-9-16(17)10-7-8-14-19(22)20-23/h2-14,23H,15H2,1H3,(H,20,22)/b10-7-,14-8+. The van der Waals surface area contributed by atoms with Gasteiger partial charge in [0.25, 0.3) is 5.91 Å². The number of allylic oxidation sites excluding steroid dienone is 2. The Morgan fingerprint density at radius 3 is 2.42 bits per heavy atom. The van der Waals surface area contributed by atoms with Crippen molar-refractivity contribution in [2.75, 3.05) is 7.05 Å². The smallest absolute Gasteiger partial charge is 0.267 e. The second kappa shape index (κ2) is 9.10. The Morgan fingerprint density at radius 1 is 1.08 bits per heavy atom. The maximum Gasteiger partial charge on any atom is 0.267 e. The molecular formula is C19H20N2O4S. The van der Waals surface area contributed by atoms with Crippen LogP contribution in [0.3, 0.4) is 0 Å². The van der Waals surface area contributed by atoms with Gasteiger partial charge in [-0.3, -0.25) is 10.0 Å². The number of carbonyl (C=O) groups excluding carboxylic acids is 1. The Labute approximate surface area is 153 Å². The zero-order chi connectivity index (χ0) is 19.0. The largest absolute Gasteiger partial charge is 0.288 e. The van der Waals surface area contributed by atoms with Crippen LogP contribution in [0, 0.1) is 0 Å². The van der Waals surface area contributed by atoms with Gasteiger partial charge in [0.15, 0.2) is 0 Å². The van der Waals surface area contributed by atoms with Gasteiger partial charge in [0.2, 0.25) is 10.0 Å². The van der Waals surface area contributed by atoms with Crippen LogP contribution in [-0.4, -0.2) is 30.9 Å². The van der Waals surface area contributed by atoms with E-state index in [0.29, 0.717) is 0 Å². The van der Waals surface area contributed by atoms with Gasteiger partial charge in [-0.2, -0.15) is 4.31 Å². The molecule has 0 radical (unpaired) electrons. The Morgan fingerprint density at radius 2 is 1.73 bits per heavy atom. The summed E-state index contributed by atoms with van der Waals surface area (Å²) in [4.78, 5) is 11.2. The molecule has 1 amide bonds. The van der Waals surface area contributed by atoms with Gasteiger partial charge in [0.1, 0.15) is 0 Å². The van der Waals surface area contributed by atoms with E-state index in [1.807, 2.05) is 24.3 Å². The first-order valence-electron chi connectivity index (χ1n) is 7.83. The van der Waals surface area contributed by atoms with Crippen molar-refractivity contribution in [2.45, 2.75) is 11.4 Å². The number of sulfonamides is 1. The molecule has 0 saturated carbocycles. The minimum Gasteiger partial charge on any atom is -0.288 e. The van der Waals surface area contributed by atoms with E-state index in [0.717, 1.165) is 11.1 Å². The molecule has 7 heteroatoms. The minimum atomic E-state index is -3.58. The molecule has 136 valence electrons. The van der Waals surface area contributed by atoms with Gasteiger partial charge in [0, 0.05) is 19.7 Å². The van der Waals surface area contributed by atoms with Gasteiger partial charge in [-0.25, -0.2) is 13.9 Å². The van der Waals surface area contributed by atoms with Crippen molar-refractivity contribution in [1.82, 2.24) is 9.79 Å². The molecule has 2 rings (SSSR count). The Balaban J connectivity index is 2.18. The summed E-state index contributed by atoms with van der Waals surface area (Å²) in [6, 6.07) is 15.7. The summed E-state index contributed by atoms with van der Waals surface area (Å²) < 4.78 is 26.6. The van der Waals surface area contributed by atoms with E-state index in [1.165, 1.54) is 29.0 Å². The first kappa shape index (κ1) is 19.6. The molecule has 0 aliphatic heterocycles. The Hall–Kier alpha value is -2.74. The van der Waals surface area contributed by atoms with Crippen LogP contribution in [0.1, 0.15) is 11.1 Å². The van der Waals surface area contributed by atoms with E-state index in [2.05, 4.69) is 0 Å². The minimum absolute atomic E-state index is 0.207. The van der Waals surface area contributed by atoms with Crippen LogP contribution in [0.5, 0.6) is 0 Å². The third-order valence-corrected chi connectivity index (χ3v) is 5.46. The number of benzene rings is 2. The zero-order valence-electron chi connectivity index (χ0n) is 14.2. The molecule has 0 atom stereocenters. The molecule has 0 aliphatic rings. The number of hydroxylamine groups is 1. The van der Waals surface area contributed by atoms with E-state index < -0.39 is 15.9 Å². The summed E-state index contributed by atoms with van der Waals surface area (Å²) in [5.41, 5.74) is 3.16. The van der Waals surface area contributed by atoms with Crippen LogP contribution in [0.4, 0.5) is 0 Å². The van der Waals surface area contributed by atoms with Crippen molar-refractivity contribution in [3.63, 3.8) is 0 Å². The van der Waals surface area contributed by atoms with Crippen LogP contribution >= 0.6 is 0 Å². The highest BCUT2D eigenvalue weighted by atomic mass is 32.2. The number of nitrogens with zero attached hydrogens (tertiary/aromatic N) is 1. The summed E-state index contributed by atoms with van der Waals surface area (Å²) >= 11 is 0. The highest BCUT2D eigenvalue weighted by molar-refractivity contribution is 7.89. The van der Waals surface area contributed by atoms with Crippen molar-refractivity contribution in [3.8, 4) is 0 Å². The molecule has 0 saturated heterocycles. The normalized spacial score (nSPS) is 12.1. The van der Waals surface area contributed by atoms with E-state index in [1.54, 1.807) is 42.5 Å². The quantitative estimate of drug-likeness (QED) is 0.338. The lowest BCUT2D eigenvalue weighted by Gasteiger charge is -2.18. The molecule has 0 bridgehead atoms. The van der Waals surface area contributed by atoms with Gasteiger partial charge in [-0.05, 0) is 23.3 Å². The van der Waals surface area contributed by atoms with Crippen molar-refractivity contribution in [1.29, 1.82) is 0 Å². The summed E-state index contributed by atoms with van der Waals surface area (Å²) in [7, 11) is -2.04. The third kappa shape index (κ3) is 5.13. The fourth-order valence-corrected chi connectivity index (χ4v) is 3.45. The number of hydrogen-bond donors (Lipinski definition) is 2. The first-order valence-corrected chi connectivity index (χ1v) is 9.27. The fourth-order valence-electron chi connectivity index (χ4n) is 2.28.